The molecule has 1 unspecified atom stereocenters. The molecule has 1 aromatic rings. The van der Waals surface area contributed by atoms with Crippen LogP contribution in [0.3, 0.4) is 0 Å². The standard InChI is InChI=1S/C17H25FN2O2/c1-12-5-6-14(15(18)9-12)16(21)19-7-8-20(13(2)10-19)11-17(3,4)22/h5-6,9,13,22H,7-8,10-11H2,1-4H3. The van der Waals surface area contributed by atoms with Crippen LogP contribution in [0.25, 0.3) is 0 Å². The van der Waals surface area contributed by atoms with Crippen LogP contribution in [0.15, 0.2) is 18.2 Å². The molecule has 1 N–H and O–H groups in total. The number of benzene rings is 1. The van der Waals surface area contributed by atoms with Crippen LogP contribution in [-0.4, -0.2) is 58.6 Å². The van der Waals surface area contributed by atoms with Gasteiger partial charge in [-0.05, 0) is 45.4 Å². The molecule has 1 aliphatic heterocycles. The first kappa shape index (κ1) is 16.9. The molecule has 0 aliphatic carbocycles. The van der Waals surface area contributed by atoms with Gasteiger partial charge in [0.15, 0.2) is 0 Å². The summed E-state index contributed by atoms with van der Waals surface area (Å²) >= 11 is 0. The molecular weight excluding hydrogens is 283 g/mol. The summed E-state index contributed by atoms with van der Waals surface area (Å²) in [7, 11) is 0. The molecular formula is C17H25FN2O2. The number of piperazine rings is 1. The van der Waals surface area contributed by atoms with E-state index in [2.05, 4.69) is 4.90 Å². The largest absolute Gasteiger partial charge is 0.389 e. The lowest BCUT2D eigenvalue weighted by atomic mass is 10.1. The molecule has 0 bridgehead atoms. The summed E-state index contributed by atoms with van der Waals surface area (Å²) in [5.41, 5.74) is 0.176. The van der Waals surface area contributed by atoms with Crippen LogP contribution in [-0.2, 0) is 0 Å². The van der Waals surface area contributed by atoms with Crippen molar-refractivity contribution < 1.29 is 14.3 Å². The number of β-amino-alcohol motifs (C(OH)–C–C–N with tert-alkyl or cyclic N) is 1. The van der Waals surface area contributed by atoms with Gasteiger partial charge in [-0.15, -0.1) is 0 Å². The van der Waals surface area contributed by atoms with Crippen molar-refractivity contribution in [3.63, 3.8) is 0 Å². The third kappa shape index (κ3) is 4.05. The van der Waals surface area contributed by atoms with E-state index in [4.69, 9.17) is 0 Å². The first-order valence-corrected chi connectivity index (χ1v) is 7.69. The predicted molar refractivity (Wildman–Crippen MR) is 84.4 cm³/mol. The molecule has 1 atom stereocenters. The fraction of sp³-hybridized carbons (Fsp3) is 0.588. The van der Waals surface area contributed by atoms with E-state index in [9.17, 15) is 14.3 Å². The van der Waals surface area contributed by atoms with Crippen LogP contribution in [0.5, 0.6) is 0 Å². The third-order valence-electron chi connectivity index (χ3n) is 4.00. The number of rotatable bonds is 3. The Labute approximate surface area is 131 Å². The van der Waals surface area contributed by atoms with Crippen molar-refractivity contribution in [2.45, 2.75) is 39.3 Å². The highest BCUT2D eigenvalue weighted by molar-refractivity contribution is 5.94. The fourth-order valence-electron chi connectivity index (χ4n) is 2.88. The molecule has 2 rings (SSSR count). The molecule has 0 radical (unpaired) electrons. The Morgan fingerprint density at radius 1 is 1.41 bits per heavy atom. The third-order valence-corrected chi connectivity index (χ3v) is 4.00. The molecule has 122 valence electrons. The van der Waals surface area contributed by atoms with Gasteiger partial charge >= 0.3 is 0 Å². The molecule has 22 heavy (non-hydrogen) atoms. The van der Waals surface area contributed by atoms with E-state index in [1.807, 2.05) is 6.92 Å². The summed E-state index contributed by atoms with van der Waals surface area (Å²) < 4.78 is 14.0. The van der Waals surface area contributed by atoms with E-state index in [1.54, 1.807) is 37.8 Å². The van der Waals surface area contributed by atoms with Gasteiger partial charge in [0.25, 0.3) is 5.91 Å². The zero-order valence-corrected chi connectivity index (χ0v) is 13.8. The summed E-state index contributed by atoms with van der Waals surface area (Å²) in [5.74, 6) is -0.719. The van der Waals surface area contributed by atoms with Gasteiger partial charge in [0.2, 0.25) is 0 Å². The van der Waals surface area contributed by atoms with E-state index in [-0.39, 0.29) is 17.5 Å². The van der Waals surface area contributed by atoms with Crippen molar-refractivity contribution in [3.8, 4) is 0 Å². The average molecular weight is 308 g/mol. The quantitative estimate of drug-likeness (QED) is 0.929. The second-order valence-electron chi connectivity index (χ2n) is 6.87. The second kappa shape index (κ2) is 6.34. The molecule has 0 aromatic heterocycles. The molecule has 1 fully saturated rings. The average Bonchev–Trinajstić information content (AvgIpc) is 2.39. The lowest BCUT2D eigenvalue weighted by Gasteiger charge is -2.42. The molecule has 1 amide bonds. The molecule has 1 aliphatic rings. The molecule has 4 nitrogen and oxygen atoms in total. The van der Waals surface area contributed by atoms with Gasteiger partial charge in [0, 0.05) is 32.2 Å². The van der Waals surface area contributed by atoms with E-state index >= 15 is 0 Å². The zero-order valence-electron chi connectivity index (χ0n) is 13.8. The summed E-state index contributed by atoms with van der Waals surface area (Å²) in [6.07, 6.45) is 0. The van der Waals surface area contributed by atoms with Gasteiger partial charge in [0.05, 0.1) is 11.2 Å². The Bertz CT molecular complexity index is 554. The monoisotopic (exact) mass is 308 g/mol. The van der Waals surface area contributed by atoms with Gasteiger partial charge in [-0.3, -0.25) is 9.69 Å². The molecule has 0 saturated carbocycles. The van der Waals surface area contributed by atoms with Crippen LogP contribution in [0.4, 0.5) is 4.39 Å². The fourth-order valence-corrected chi connectivity index (χ4v) is 2.88. The van der Waals surface area contributed by atoms with Crippen LogP contribution in [0.1, 0.15) is 36.7 Å². The SMILES string of the molecule is Cc1ccc(C(=O)N2CCN(CC(C)(C)O)C(C)C2)c(F)c1. The summed E-state index contributed by atoms with van der Waals surface area (Å²) in [6, 6.07) is 4.84. The number of aliphatic hydroxyl groups is 1. The Hall–Kier alpha value is -1.46. The Balaban J connectivity index is 2.05. The van der Waals surface area contributed by atoms with Crippen LogP contribution >= 0.6 is 0 Å². The van der Waals surface area contributed by atoms with Gasteiger partial charge < -0.3 is 10.0 Å². The number of amides is 1. The molecule has 1 saturated heterocycles. The molecule has 1 aromatic carbocycles. The maximum atomic E-state index is 14.0. The van der Waals surface area contributed by atoms with E-state index in [1.165, 1.54) is 6.07 Å². The van der Waals surface area contributed by atoms with E-state index < -0.39 is 11.4 Å². The first-order chi connectivity index (χ1) is 10.2. The lowest BCUT2D eigenvalue weighted by Crippen LogP contribution is -2.56. The summed E-state index contributed by atoms with van der Waals surface area (Å²) in [5, 5.41) is 9.93. The Kier molecular flexibility index (Phi) is 4.87. The Morgan fingerprint density at radius 3 is 2.64 bits per heavy atom. The maximum Gasteiger partial charge on any atom is 0.256 e. The molecule has 0 spiro atoms. The molecule has 1 heterocycles. The number of halogens is 1. The van der Waals surface area contributed by atoms with E-state index in [0.29, 0.717) is 26.2 Å². The first-order valence-electron chi connectivity index (χ1n) is 7.69. The van der Waals surface area contributed by atoms with Crippen molar-refractivity contribution in [2.24, 2.45) is 0 Å². The number of hydrogen-bond donors (Lipinski definition) is 1. The van der Waals surface area contributed by atoms with Crippen molar-refractivity contribution >= 4 is 5.91 Å². The van der Waals surface area contributed by atoms with Crippen molar-refractivity contribution in [3.05, 3.63) is 35.1 Å². The predicted octanol–water partition coefficient (Wildman–Crippen LogP) is 2.05. The summed E-state index contributed by atoms with van der Waals surface area (Å²) in [6.45, 7) is 9.72. The highest BCUT2D eigenvalue weighted by atomic mass is 19.1. The topological polar surface area (TPSA) is 43.8 Å². The van der Waals surface area contributed by atoms with Gasteiger partial charge in [-0.25, -0.2) is 4.39 Å². The highest BCUT2D eigenvalue weighted by Gasteiger charge is 2.30. The maximum absolute atomic E-state index is 14.0. The Morgan fingerprint density at radius 2 is 2.09 bits per heavy atom. The van der Waals surface area contributed by atoms with Crippen LogP contribution in [0.2, 0.25) is 0 Å². The van der Waals surface area contributed by atoms with Crippen molar-refractivity contribution in [1.82, 2.24) is 9.80 Å². The minimum absolute atomic E-state index is 0.133. The number of aryl methyl sites for hydroxylation is 1. The van der Waals surface area contributed by atoms with Crippen molar-refractivity contribution in [1.29, 1.82) is 0 Å². The normalized spacial score (nSPS) is 20.3. The van der Waals surface area contributed by atoms with E-state index in [0.717, 1.165) is 5.56 Å². The van der Waals surface area contributed by atoms with Crippen LogP contribution < -0.4 is 0 Å². The lowest BCUT2D eigenvalue weighted by molar-refractivity contribution is -0.00151. The van der Waals surface area contributed by atoms with Gasteiger partial charge in [-0.2, -0.15) is 0 Å². The van der Waals surface area contributed by atoms with Gasteiger partial charge in [0.1, 0.15) is 5.82 Å². The van der Waals surface area contributed by atoms with Crippen LogP contribution in [0, 0.1) is 12.7 Å². The van der Waals surface area contributed by atoms with Gasteiger partial charge in [-0.1, -0.05) is 6.07 Å². The summed E-state index contributed by atoms with van der Waals surface area (Å²) in [4.78, 5) is 16.3. The second-order valence-corrected chi connectivity index (χ2v) is 6.87. The van der Waals surface area contributed by atoms with Crippen molar-refractivity contribution in [2.75, 3.05) is 26.2 Å². The smallest absolute Gasteiger partial charge is 0.256 e. The number of carbonyl (C=O) groups excluding carboxylic acids is 1. The zero-order chi connectivity index (χ0) is 16.5. The minimum Gasteiger partial charge on any atom is -0.389 e. The number of nitrogens with zero attached hydrogens (tertiary/aromatic N) is 2. The molecule has 5 heteroatoms. The highest BCUT2D eigenvalue weighted by Crippen LogP contribution is 2.18. The number of carbonyl (C=O) groups is 1. The minimum atomic E-state index is -0.760. The number of hydrogen-bond acceptors (Lipinski definition) is 3.